The number of rotatable bonds is 5. The summed E-state index contributed by atoms with van der Waals surface area (Å²) in [5.41, 5.74) is 5.04. The predicted octanol–water partition coefficient (Wildman–Crippen LogP) is -0.943. The van der Waals surface area contributed by atoms with E-state index in [1.807, 2.05) is 7.05 Å². The minimum atomic E-state index is -0.782. The van der Waals surface area contributed by atoms with Crippen LogP contribution in [0.4, 0.5) is 0 Å². The lowest BCUT2D eigenvalue weighted by molar-refractivity contribution is -0.125. The Balaban J connectivity index is 1.88. The van der Waals surface area contributed by atoms with Gasteiger partial charge in [-0.2, -0.15) is 4.98 Å². The van der Waals surface area contributed by atoms with Gasteiger partial charge in [-0.15, -0.1) is 0 Å². The van der Waals surface area contributed by atoms with Gasteiger partial charge in [0.25, 0.3) is 0 Å². The van der Waals surface area contributed by atoms with E-state index >= 15 is 0 Å². The number of nitrogens with one attached hydrogen (secondary N) is 1. The average Bonchev–Trinajstić information content (AvgIpc) is 2.87. The van der Waals surface area contributed by atoms with Crippen molar-refractivity contribution in [2.24, 2.45) is 11.7 Å². The maximum absolute atomic E-state index is 12.4. The van der Waals surface area contributed by atoms with E-state index in [2.05, 4.69) is 43.9 Å². The number of primary amides is 1. The zero-order valence-electron chi connectivity index (χ0n) is 13.8. The van der Waals surface area contributed by atoms with Gasteiger partial charge in [0.1, 0.15) is 0 Å². The van der Waals surface area contributed by atoms with Gasteiger partial charge < -0.3 is 25.4 Å². The summed E-state index contributed by atoms with van der Waals surface area (Å²) in [5.74, 6) is -0.915. The number of carbonyl (C=O) groups excluding carboxylic acids is 2. The average molecular weight is 324 g/mol. The van der Waals surface area contributed by atoms with Crippen LogP contribution < -0.4 is 11.1 Å². The van der Waals surface area contributed by atoms with Crippen molar-refractivity contribution in [2.75, 3.05) is 34.2 Å². The molecule has 2 heterocycles. The molecular formula is C14H24N6O3. The van der Waals surface area contributed by atoms with Crippen molar-refractivity contribution < 1.29 is 14.1 Å². The van der Waals surface area contributed by atoms with Crippen molar-refractivity contribution in [1.29, 1.82) is 0 Å². The highest BCUT2D eigenvalue weighted by atomic mass is 16.5. The SMILES string of the molecule is CN1C[C@H](C(=O)NCc2noc(C(N)=O)n2)CC[C@H](N(C)C)C1. The molecule has 1 aliphatic rings. The number of hydrogen-bond acceptors (Lipinski definition) is 7. The number of likely N-dealkylation sites (tertiary alicyclic amines) is 1. The van der Waals surface area contributed by atoms with Crippen molar-refractivity contribution in [1.82, 2.24) is 25.3 Å². The quantitative estimate of drug-likeness (QED) is 0.717. The molecule has 0 bridgehead atoms. The van der Waals surface area contributed by atoms with Crippen LogP contribution >= 0.6 is 0 Å². The summed E-state index contributed by atoms with van der Waals surface area (Å²) in [6.45, 7) is 1.78. The Hall–Kier alpha value is -2.00. The van der Waals surface area contributed by atoms with E-state index in [0.717, 1.165) is 25.9 Å². The molecule has 9 heteroatoms. The molecule has 0 aliphatic carbocycles. The Labute approximate surface area is 135 Å². The first-order chi connectivity index (χ1) is 10.9. The molecule has 1 saturated heterocycles. The first-order valence-corrected chi connectivity index (χ1v) is 7.62. The first kappa shape index (κ1) is 17.4. The lowest BCUT2D eigenvalue weighted by atomic mass is 10.0. The number of likely N-dealkylation sites (N-methyl/N-ethyl adjacent to an activating group) is 2. The van der Waals surface area contributed by atoms with Crippen molar-refractivity contribution in [3.05, 3.63) is 11.7 Å². The Morgan fingerprint density at radius 3 is 2.74 bits per heavy atom. The molecule has 0 aromatic carbocycles. The largest absolute Gasteiger partial charge is 0.361 e. The molecule has 23 heavy (non-hydrogen) atoms. The molecule has 1 aromatic rings. The first-order valence-electron chi connectivity index (χ1n) is 7.62. The van der Waals surface area contributed by atoms with Gasteiger partial charge in [0.2, 0.25) is 5.91 Å². The molecule has 0 radical (unpaired) electrons. The Morgan fingerprint density at radius 2 is 2.13 bits per heavy atom. The molecule has 2 rings (SSSR count). The third-order valence-corrected chi connectivity index (χ3v) is 4.10. The lowest BCUT2D eigenvalue weighted by Gasteiger charge is -2.25. The van der Waals surface area contributed by atoms with Crippen molar-refractivity contribution in [2.45, 2.75) is 25.4 Å². The predicted molar refractivity (Wildman–Crippen MR) is 82.4 cm³/mol. The van der Waals surface area contributed by atoms with Gasteiger partial charge in [-0.25, -0.2) is 0 Å². The summed E-state index contributed by atoms with van der Waals surface area (Å²) in [7, 11) is 6.15. The maximum atomic E-state index is 12.4. The highest BCUT2D eigenvalue weighted by Crippen LogP contribution is 2.18. The summed E-state index contributed by atoms with van der Waals surface area (Å²) in [5, 5.41) is 6.40. The molecular weight excluding hydrogens is 300 g/mol. The van der Waals surface area contributed by atoms with Gasteiger partial charge in [0.15, 0.2) is 5.82 Å². The second-order valence-electron chi connectivity index (χ2n) is 6.21. The molecule has 1 fully saturated rings. The van der Waals surface area contributed by atoms with E-state index in [9.17, 15) is 9.59 Å². The molecule has 0 spiro atoms. The maximum Gasteiger partial charge on any atom is 0.315 e. The van der Waals surface area contributed by atoms with Crippen molar-refractivity contribution >= 4 is 11.8 Å². The third kappa shape index (κ3) is 4.73. The molecule has 0 unspecified atom stereocenters. The second-order valence-corrected chi connectivity index (χ2v) is 6.21. The Bertz CT molecular complexity index is 558. The fraction of sp³-hybridized carbons (Fsp3) is 0.714. The van der Waals surface area contributed by atoms with Crippen LogP contribution in [-0.4, -0.2) is 72.0 Å². The number of amides is 2. The van der Waals surface area contributed by atoms with Crippen LogP contribution in [-0.2, 0) is 11.3 Å². The topological polar surface area (TPSA) is 118 Å². The van der Waals surface area contributed by atoms with Crippen LogP contribution in [0.2, 0.25) is 0 Å². The van der Waals surface area contributed by atoms with E-state index in [1.54, 1.807) is 0 Å². The van der Waals surface area contributed by atoms with Crippen LogP contribution in [0.15, 0.2) is 4.52 Å². The summed E-state index contributed by atoms with van der Waals surface area (Å²) in [6.07, 6.45) is 1.81. The standard InChI is InChI=1S/C14H24N6O3/c1-19(2)10-5-4-9(7-20(3)8-10)13(22)16-6-11-17-14(12(15)21)23-18-11/h9-10H,4-8H2,1-3H3,(H2,15,21)(H,16,22)/t9-,10+/m1/s1. The smallest absolute Gasteiger partial charge is 0.315 e. The van der Waals surface area contributed by atoms with Crippen LogP contribution in [0, 0.1) is 5.92 Å². The fourth-order valence-corrected chi connectivity index (χ4v) is 2.76. The fourth-order valence-electron chi connectivity index (χ4n) is 2.76. The van der Waals surface area contributed by atoms with Gasteiger partial charge in [-0.3, -0.25) is 9.59 Å². The molecule has 2 amide bonds. The van der Waals surface area contributed by atoms with Gasteiger partial charge in [0, 0.05) is 19.1 Å². The van der Waals surface area contributed by atoms with Crippen LogP contribution in [0.3, 0.4) is 0 Å². The van der Waals surface area contributed by atoms with Crippen LogP contribution in [0.25, 0.3) is 0 Å². The highest BCUT2D eigenvalue weighted by Gasteiger charge is 2.27. The van der Waals surface area contributed by atoms with Crippen molar-refractivity contribution in [3.8, 4) is 0 Å². The second kappa shape index (κ2) is 7.51. The molecule has 2 atom stereocenters. The van der Waals surface area contributed by atoms with Crippen LogP contribution in [0.5, 0.6) is 0 Å². The normalized spacial score (nSPS) is 22.8. The third-order valence-electron chi connectivity index (χ3n) is 4.10. The molecule has 3 N–H and O–H groups in total. The zero-order valence-corrected chi connectivity index (χ0v) is 13.8. The molecule has 9 nitrogen and oxygen atoms in total. The Morgan fingerprint density at radius 1 is 1.39 bits per heavy atom. The lowest BCUT2D eigenvalue weighted by Crippen LogP contribution is -2.39. The van der Waals surface area contributed by atoms with E-state index in [4.69, 9.17) is 5.73 Å². The van der Waals surface area contributed by atoms with E-state index in [0.29, 0.717) is 6.04 Å². The number of nitrogens with two attached hydrogens (primary N) is 1. The molecule has 1 aliphatic heterocycles. The summed E-state index contributed by atoms with van der Waals surface area (Å²) in [6, 6.07) is 0.452. The number of hydrogen-bond donors (Lipinski definition) is 2. The molecule has 128 valence electrons. The van der Waals surface area contributed by atoms with Crippen molar-refractivity contribution in [3.63, 3.8) is 0 Å². The minimum Gasteiger partial charge on any atom is -0.361 e. The van der Waals surface area contributed by atoms with Crippen LogP contribution in [0.1, 0.15) is 29.4 Å². The summed E-state index contributed by atoms with van der Waals surface area (Å²) >= 11 is 0. The number of carbonyl (C=O) groups is 2. The van der Waals surface area contributed by atoms with Gasteiger partial charge >= 0.3 is 11.8 Å². The monoisotopic (exact) mass is 324 g/mol. The Kier molecular flexibility index (Phi) is 5.67. The van der Waals surface area contributed by atoms with Gasteiger partial charge in [0.05, 0.1) is 12.5 Å². The molecule has 0 saturated carbocycles. The van der Waals surface area contributed by atoms with E-state index < -0.39 is 5.91 Å². The summed E-state index contributed by atoms with van der Waals surface area (Å²) in [4.78, 5) is 31.4. The summed E-state index contributed by atoms with van der Waals surface area (Å²) < 4.78 is 4.68. The van der Waals surface area contributed by atoms with E-state index in [-0.39, 0.29) is 30.1 Å². The number of nitrogens with zero attached hydrogens (tertiary/aromatic N) is 4. The molecule has 1 aromatic heterocycles. The highest BCUT2D eigenvalue weighted by molar-refractivity contribution is 5.87. The zero-order chi connectivity index (χ0) is 17.0. The van der Waals surface area contributed by atoms with Gasteiger partial charge in [-0.1, -0.05) is 5.16 Å². The minimum absolute atomic E-state index is 0.0401. The van der Waals surface area contributed by atoms with Gasteiger partial charge in [-0.05, 0) is 34.0 Å². The number of aromatic nitrogens is 2. The van der Waals surface area contributed by atoms with E-state index in [1.165, 1.54) is 0 Å².